The largest absolute Gasteiger partial charge is 0.355 e. The van der Waals surface area contributed by atoms with Crippen LogP contribution in [0.15, 0.2) is 17.6 Å². The minimum absolute atomic E-state index is 0.326. The van der Waals surface area contributed by atoms with E-state index in [9.17, 15) is 4.79 Å². The van der Waals surface area contributed by atoms with E-state index < -0.39 is 0 Å². The lowest BCUT2D eigenvalue weighted by molar-refractivity contribution is -0.133. The van der Waals surface area contributed by atoms with Gasteiger partial charge in [0.05, 0.1) is 11.4 Å². The van der Waals surface area contributed by atoms with Crippen LogP contribution in [0, 0.1) is 19.8 Å². The first kappa shape index (κ1) is 17.5. The maximum Gasteiger partial charge on any atom is 0.223 e. The zero-order valence-electron chi connectivity index (χ0n) is 15.6. The number of aryl methyl sites for hydroxylation is 2. The van der Waals surface area contributed by atoms with E-state index in [1.165, 1.54) is 10.4 Å². The lowest BCUT2D eigenvalue weighted by Crippen LogP contribution is -2.39. The quantitative estimate of drug-likeness (QED) is 0.831. The van der Waals surface area contributed by atoms with E-state index in [0.29, 0.717) is 18.2 Å². The Balaban J connectivity index is 1.31. The maximum atomic E-state index is 12.7. The Kier molecular flexibility index (Phi) is 4.94. The summed E-state index contributed by atoms with van der Waals surface area (Å²) in [6.45, 7) is 7.61. The molecule has 0 spiro atoms. The smallest absolute Gasteiger partial charge is 0.223 e. The van der Waals surface area contributed by atoms with Crippen LogP contribution in [0.25, 0.3) is 0 Å². The summed E-state index contributed by atoms with van der Waals surface area (Å²) in [6.07, 6.45) is 5.63. The number of amides is 1. The average molecular weight is 371 g/mol. The molecule has 1 saturated heterocycles. The Morgan fingerprint density at radius 1 is 1.27 bits per heavy atom. The third kappa shape index (κ3) is 3.61. The molecular formula is C20H26N4OS. The third-order valence-electron chi connectivity index (χ3n) is 5.59. The van der Waals surface area contributed by atoms with Crippen LogP contribution in [0.4, 0.5) is 5.82 Å². The van der Waals surface area contributed by atoms with Crippen molar-refractivity contribution in [2.24, 2.45) is 5.92 Å². The molecule has 6 heteroatoms. The van der Waals surface area contributed by atoms with Gasteiger partial charge in [0, 0.05) is 43.7 Å². The molecular weight excluding hydrogens is 344 g/mol. The van der Waals surface area contributed by atoms with Gasteiger partial charge in [0.2, 0.25) is 5.91 Å². The highest BCUT2D eigenvalue weighted by molar-refractivity contribution is 7.10. The van der Waals surface area contributed by atoms with E-state index in [1.54, 1.807) is 0 Å². The van der Waals surface area contributed by atoms with Crippen LogP contribution < -0.4 is 4.90 Å². The van der Waals surface area contributed by atoms with Crippen LogP contribution in [0.2, 0.25) is 0 Å². The second-order valence-electron chi connectivity index (χ2n) is 7.49. The highest BCUT2D eigenvalue weighted by Gasteiger charge is 2.27. The van der Waals surface area contributed by atoms with Crippen LogP contribution >= 0.6 is 11.3 Å². The molecule has 5 nitrogen and oxygen atoms in total. The van der Waals surface area contributed by atoms with Crippen molar-refractivity contribution in [1.29, 1.82) is 0 Å². The van der Waals surface area contributed by atoms with Crippen molar-refractivity contribution < 1.29 is 4.79 Å². The molecule has 2 aromatic rings. The number of piperidine rings is 1. The fraction of sp³-hybridized carbons (Fsp3) is 0.550. The summed E-state index contributed by atoms with van der Waals surface area (Å²) < 4.78 is 0. The number of thiophene rings is 1. The van der Waals surface area contributed by atoms with Gasteiger partial charge in [-0.05, 0) is 56.0 Å². The topological polar surface area (TPSA) is 49.3 Å². The molecule has 1 amide bonds. The van der Waals surface area contributed by atoms with E-state index >= 15 is 0 Å². The molecule has 0 aromatic carbocycles. The van der Waals surface area contributed by atoms with Crippen LogP contribution in [0.1, 0.15) is 41.1 Å². The predicted molar refractivity (Wildman–Crippen MR) is 105 cm³/mol. The van der Waals surface area contributed by atoms with Gasteiger partial charge < -0.3 is 9.80 Å². The molecule has 0 N–H and O–H groups in total. The molecule has 2 aliphatic heterocycles. The molecule has 0 saturated carbocycles. The van der Waals surface area contributed by atoms with Crippen molar-refractivity contribution >= 4 is 23.1 Å². The zero-order chi connectivity index (χ0) is 18.1. The van der Waals surface area contributed by atoms with E-state index in [0.717, 1.165) is 62.6 Å². The fourth-order valence-electron chi connectivity index (χ4n) is 4.01. The maximum absolute atomic E-state index is 12.7. The molecule has 4 rings (SSSR count). The van der Waals surface area contributed by atoms with Crippen LogP contribution in [-0.2, 0) is 17.8 Å². The van der Waals surface area contributed by atoms with Gasteiger partial charge in [-0.15, -0.1) is 11.3 Å². The van der Waals surface area contributed by atoms with Gasteiger partial charge in [-0.25, -0.2) is 4.98 Å². The minimum atomic E-state index is 0.326. The van der Waals surface area contributed by atoms with Crippen molar-refractivity contribution in [2.45, 2.75) is 46.1 Å². The van der Waals surface area contributed by atoms with Gasteiger partial charge >= 0.3 is 0 Å². The highest BCUT2D eigenvalue weighted by Crippen LogP contribution is 2.28. The number of hydrogen-bond donors (Lipinski definition) is 0. The molecule has 138 valence electrons. The van der Waals surface area contributed by atoms with Crippen LogP contribution in [0.5, 0.6) is 0 Å². The summed E-state index contributed by atoms with van der Waals surface area (Å²) in [6, 6.07) is 2.17. The lowest BCUT2D eigenvalue weighted by atomic mass is 9.92. The van der Waals surface area contributed by atoms with Gasteiger partial charge in [0.1, 0.15) is 5.82 Å². The standard InChI is InChI=1S/C20H26N4OS/c1-14-12-21-15(2)20(22-14)23-7-3-16(4-8-23)11-19(25)24-9-5-18-17(13-24)6-10-26-18/h6,10,12,16H,3-5,7-9,11,13H2,1-2H3. The number of anilines is 1. The Labute approximate surface area is 159 Å². The monoisotopic (exact) mass is 370 g/mol. The summed E-state index contributed by atoms with van der Waals surface area (Å²) in [5, 5.41) is 2.14. The van der Waals surface area contributed by atoms with Crippen molar-refractivity contribution in [1.82, 2.24) is 14.9 Å². The summed E-state index contributed by atoms with van der Waals surface area (Å²) in [5.74, 6) is 1.82. The molecule has 0 unspecified atom stereocenters. The summed E-state index contributed by atoms with van der Waals surface area (Å²) >= 11 is 1.82. The van der Waals surface area contributed by atoms with E-state index in [4.69, 9.17) is 0 Å². The molecule has 0 radical (unpaired) electrons. The second-order valence-corrected chi connectivity index (χ2v) is 8.49. The molecule has 26 heavy (non-hydrogen) atoms. The first-order valence-electron chi connectivity index (χ1n) is 9.48. The van der Waals surface area contributed by atoms with E-state index in [-0.39, 0.29) is 0 Å². The molecule has 1 fully saturated rings. The van der Waals surface area contributed by atoms with Gasteiger partial charge in [0.15, 0.2) is 0 Å². The fourth-order valence-corrected chi connectivity index (χ4v) is 4.90. The average Bonchev–Trinajstić information content (AvgIpc) is 3.12. The van der Waals surface area contributed by atoms with Crippen molar-refractivity contribution in [3.05, 3.63) is 39.5 Å². The number of aromatic nitrogens is 2. The van der Waals surface area contributed by atoms with Crippen molar-refractivity contribution in [3.63, 3.8) is 0 Å². The lowest BCUT2D eigenvalue weighted by Gasteiger charge is -2.34. The third-order valence-corrected chi connectivity index (χ3v) is 6.61. The summed E-state index contributed by atoms with van der Waals surface area (Å²) in [4.78, 5) is 27.7. The Morgan fingerprint density at radius 2 is 2.08 bits per heavy atom. The molecule has 2 aliphatic rings. The van der Waals surface area contributed by atoms with Gasteiger partial charge in [-0.2, -0.15) is 0 Å². The molecule has 0 bridgehead atoms. The van der Waals surface area contributed by atoms with E-state index in [1.807, 2.05) is 31.4 Å². The van der Waals surface area contributed by atoms with Gasteiger partial charge in [0.25, 0.3) is 0 Å². The summed E-state index contributed by atoms with van der Waals surface area (Å²) in [7, 11) is 0. The number of carbonyl (C=O) groups excluding carboxylic acids is 1. The SMILES string of the molecule is Cc1cnc(C)c(N2CCC(CC(=O)N3CCc4sccc4C3)CC2)n1. The number of fused-ring (bicyclic) bond motifs is 1. The van der Waals surface area contributed by atoms with Crippen LogP contribution in [-0.4, -0.2) is 40.4 Å². The Hall–Kier alpha value is -1.95. The molecule has 0 aliphatic carbocycles. The van der Waals surface area contributed by atoms with E-state index in [2.05, 4.69) is 31.2 Å². The number of nitrogens with zero attached hydrogens (tertiary/aromatic N) is 4. The summed E-state index contributed by atoms with van der Waals surface area (Å²) in [5.41, 5.74) is 3.30. The highest BCUT2D eigenvalue weighted by atomic mass is 32.1. The predicted octanol–water partition coefficient (Wildman–Crippen LogP) is 3.35. The first-order chi connectivity index (χ1) is 12.6. The molecule has 2 aromatic heterocycles. The minimum Gasteiger partial charge on any atom is -0.355 e. The van der Waals surface area contributed by atoms with Crippen molar-refractivity contribution in [3.8, 4) is 0 Å². The number of hydrogen-bond acceptors (Lipinski definition) is 5. The second kappa shape index (κ2) is 7.35. The molecule has 0 atom stereocenters. The Morgan fingerprint density at radius 3 is 2.88 bits per heavy atom. The molecule has 4 heterocycles. The Bertz CT molecular complexity index is 795. The number of rotatable bonds is 3. The van der Waals surface area contributed by atoms with Crippen molar-refractivity contribution in [2.75, 3.05) is 24.5 Å². The zero-order valence-corrected chi connectivity index (χ0v) is 16.4. The number of carbonyl (C=O) groups is 1. The van der Waals surface area contributed by atoms with Gasteiger partial charge in [-0.3, -0.25) is 9.78 Å². The van der Waals surface area contributed by atoms with Gasteiger partial charge in [-0.1, -0.05) is 0 Å². The normalized spacial score (nSPS) is 18.1. The first-order valence-corrected chi connectivity index (χ1v) is 10.4. The van der Waals surface area contributed by atoms with Crippen LogP contribution in [0.3, 0.4) is 0 Å².